The third-order valence-corrected chi connectivity index (χ3v) is 13.6. The summed E-state index contributed by atoms with van der Waals surface area (Å²) >= 11 is -2.25. The summed E-state index contributed by atoms with van der Waals surface area (Å²) in [5.74, 6) is -0.0706. The molecule has 92 valence electrons. The van der Waals surface area contributed by atoms with Crippen molar-refractivity contribution in [2.24, 2.45) is 0 Å². The maximum absolute atomic E-state index is 12.0. The minimum absolute atomic E-state index is 0.0706. The molecule has 0 bridgehead atoms. The molecule has 1 aliphatic rings. The number of carbonyl (C=O) groups is 1. The number of hydrogen-bond donors (Lipinski definition) is 1. The van der Waals surface area contributed by atoms with Gasteiger partial charge in [0.05, 0.1) is 0 Å². The normalized spacial score (nSPS) is 26.9. The van der Waals surface area contributed by atoms with Crippen LogP contribution in [0.15, 0.2) is 0 Å². The van der Waals surface area contributed by atoms with Crippen molar-refractivity contribution >= 4 is 45.9 Å². The summed E-state index contributed by atoms with van der Waals surface area (Å²) < 4.78 is 13.6. The Morgan fingerprint density at radius 1 is 1.60 bits per heavy atom. The van der Waals surface area contributed by atoms with Crippen molar-refractivity contribution in [2.45, 2.75) is 14.4 Å². The standard InChI is InChI=1S/C9H19I2NO3/c1-9(10(2)3,7-11(4)12-7)8(13)15-6-14-5/h7,12H,6H2,1-5H3. The van der Waals surface area contributed by atoms with Gasteiger partial charge in [-0.05, 0) is 0 Å². The van der Waals surface area contributed by atoms with Crippen molar-refractivity contribution in [2.75, 3.05) is 28.7 Å². The number of rotatable bonds is 5. The SMILES string of the molecule is COCOC(=O)C(C)(C1NI1C)I(C)C. The van der Waals surface area contributed by atoms with E-state index in [-0.39, 0.29) is 16.2 Å². The molecule has 0 saturated carbocycles. The Hall–Kier alpha value is 0.850. The van der Waals surface area contributed by atoms with Gasteiger partial charge in [0, 0.05) is 0 Å². The summed E-state index contributed by atoms with van der Waals surface area (Å²) in [5.41, 5.74) is 0. The molecule has 0 aromatic carbocycles. The molecule has 2 unspecified atom stereocenters. The van der Waals surface area contributed by atoms with E-state index in [4.69, 9.17) is 9.47 Å². The molecule has 1 fully saturated rings. The molecule has 0 aliphatic carbocycles. The van der Waals surface area contributed by atoms with Crippen molar-refractivity contribution in [3.05, 3.63) is 0 Å². The first-order chi connectivity index (χ1) is 6.94. The molecule has 0 aromatic heterocycles. The van der Waals surface area contributed by atoms with Crippen LogP contribution in [0.5, 0.6) is 0 Å². The number of nitrogens with one attached hydrogen (secondary N) is 1. The van der Waals surface area contributed by atoms with Gasteiger partial charge in [-0.2, -0.15) is 0 Å². The molecule has 0 amide bonds. The van der Waals surface area contributed by atoms with Crippen LogP contribution in [-0.4, -0.2) is 42.1 Å². The first-order valence-electron chi connectivity index (χ1n) is 4.45. The second-order valence-corrected chi connectivity index (χ2v) is 15.0. The van der Waals surface area contributed by atoms with Gasteiger partial charge in [0.15, 0.2) is 0 Å². The molecule has 1 N–H and O–H groups in total. The van der Waals surface area contributed by atoms with E-state index < -0.39 is 39.9 Å². The van der Waals surface area contributed by atoms with E-state index in [1.807, 2.05) is 0 Å². The van der Waals surface area contributed by atoms with E-state index >= 15 is 0 Å². The molecule has 6 heteroatoms. The molecular weight excluding hydrogens is 424 g/mol. The van der Waals surface area contributed by atoms with Crippen LogP contribution in [-0.2, 0) is 14.3 Å². The fourth-order valence-electron chi connectivity index (χ4n) is 1.24. The van der Waals surface area contributed by atoms with Crippen LogP contribution < -0.4 is 3.53 Å². The average molecular weight is 443 g/mol. The first-order valence-corrected chi connectivity index (χ1v) is 14.3. The average Bonchev–Trinajstić information content (AvgIpc) is 2.90. The number of esters is 1. The summed E-state index contributed by atoms with van der Waals surface area (Å²) in [6, 6.07) is 0. The number of ether oxygens (including phenoxy) is 2. The van der Waals surface area contributed by atoms with E-state index in [1.165, 1.54) is 7.11 Å². The molecule has 0 radical (unpaired) electrons. The van der Waals surface area contributed by atoms with Crippen LogP contribution in [0, 0.1) is 0 Å². The predicted molar refractivity (Wildman–Crippen MR) is 79.1 cm³/mol. The van der Waals surface area contributed by atoms with E-state index in [0.29, 0.717) is 4.05 Å². The zero-order valence-electron chi connectivity index (χ0n) is 9.77. The van der Waals surface area contributed by atoms with E-state index in [0.717, 1.165) is 0 Å². The van der Waals surface area contributed by atoms with Gasteiger partial charge in [-0.3, -0.25) is 0 Å². The number of methoxy groups -OCH3 is 1. The van der Waals surface area contributed by atoms with Gasteiger partial charge >= 0.3 is 107 Å². The molecule has 0 spiro atoms. The van der Waals surface area contributed by atoms with Gasteiger partial charge in [-0.25, -0.2) is 0 Å². The predicted octanol–water partition coefficient (Wildman–Crippen LogP) is 1.64. The van der Waals surface area contributed by atoms with Gasteiger partial charge < -0.3 is 0 Å². The van der Waals surface area contributed by atoms with Crippen molar-refractivity contribution in [1.29, 1.82) is 0 Å². The molecule has 1 saturated heterocycles. The fraction of sp³-hybridized carbons (Fsp3) is 0.889. The number of alkyl halides is 5. The van der Waals surface area contributed by atoms with Crippen molar-refractivity contribution < 1.29 is 14.3 Å². The number of hydrogen-bond acceptors (Lipinski definition) is 4. The minimum atomic E-state index is -1.26. The second-order valence-electron chi connectivity index (χ2n) is 3.66. The Bertz CT molecular complexity index is 250. The van der Waals surface area contributed by atoms with Crippen molar-refractivity contribution in [3.63, 3.8) is 0 Å². The third-order valence-electron chi connectivity index (χ3n) is 2.51. The van der Waals surface area contributed by atoms with Crippen LogP contribution in [0.3, 0.4) is 0 Å². The Kier molecular flexibility index (Phi) is 5.06. The first kappa shape index (κ1) is 13.9. The molecule has 4 nitrogen and oxygen atoms in total. The zero-order valence-corrected chi connectivity index (χ0v) is 14.1. The molecule has 1 rings (SSSR count). The molecular formula is C9H19I2NO3. The molecule has 15 heavy (non-hydrogen) atoms. The quantitative estimate of drug-likeness (QED) is 0.134. The summed E-state index contributed by atoms with van der Waals surface area (Å²) in [6.45, 7) is 2.14. The Morgan fingerprint density at radius 2 is 2.13 bits per heavy atom. The number of halogens is 2. The van der Waals surface area contributed by atoms with Crippen LogP contribution >= 0.6 is 39.9 Å². The van der Waals surface area contributed by atoms with E-state index in [9.17, 15) is 4.79 Å². The molecule has 1 heterocycles. The van der Waals surface area contributed by atoms with Crippen LogP contribution in [0.4, 0.5) is 0 Å². The summed E-state index contributed by atoms with van der Waals surface area (Å²) in [4.78, 5) is 18.7. The van der Waals surface area contributed by atoms with Crippen molar-refractivity contribution in [3.8, 4) is 0 Å². The molecule has 0 aromatic rings. The maximum atomic E-state index is 12.0. The topological polar surface area (TPSA) is 57.5 Å². The van der Waals surface area contributed by atoms with Crippen LogP contribution in [0.2, 0.25) is 0 Å². The van der Waals surface area contributed by atoms with Gasteiger partial charge in [-0.1, -0.05) is 0 Å². The fourth-order valence-corrected chi connectivity index (χ4v) is 14.6. The van der Waals surface area contributed by atoms with Gasteiger partial charge in [0.25, 0.3) is 0 Å². The second kappa shape index (κ2) is 5.46. The molecule has 2 atom stereocenters. The van der Waals surface area contributed by atoms with Crippen LogP contribution in [0.25, 0.3) is 0 Å². The molecule has 1 aliphatic heterocycles. The van der Waals surface area contributed by atoms with E-state index in [2.05, 4.69) is 25.2 Å². The Labute approximate surface area is 106 Å². The monoisotopic (exact) mass is 443 g/mol. The Balaban J connectivity index is 2.68. The van der Waals surface area contributed by atoms with Crippen molar-refractivity contribution in [1.82, 2.24) is 3.53 Å². The van der Waals surface area contributed by atoms with Gasteiger partial charge in [0.2, 0.25) is 0 Å². The summed E-state index contributed by atoms with van der Waals surface area (Å²) in [5, 5.41) is 0. The van der Waals surface area contributed by atoms with Gasteiger partial charge in [0.1, 0.15) is 0 Å². The summed E-state index contributed by atoms with van der Waals surface area (Å²) in [6.07, 6.45) is 0. The summed E-state index contributed by atoms with van der Waals surface area (Å²) in [7, 11) is 1.53. The third kappa shape index (κ3) is 2.95. The number of carbonyl (C=O) groups excluding carboxylic acids is 1. The van der Waals surface area contributed by atoms with Crippen LogP contribution in [0.1, 0.15) is 6.92 Å². The van der Waals surface area contributed by atoms with E-state index in [1.54, 1.807) is 0 Å². The Morgan fingerprint density at radius 3 is 2.47 bits per heavy atom. The zero-order chi connectivity index (χ0) is 11.6. The van der Waals surface area contributed by atoms with Gasteiger partial charge in [-0.15, -0.1) is 0 Å².